The predicted molar refractivity (Wildman–Crippen MR) is 76.1 cm³/mol. The number of nitrogens with two attached hydrogens (primary N) is 1. The monoisotopic (exact) mass is 262 g/mol. The number of likely N-dealkylation sites (tertiary alicyclic amines) is 1. The van der Waals surface area contributed by atoms with Gasteiger partial charge in [0.25, 0.3) is 5.91 Å². The van der Waals surface area contributed by atoms with Gasteiger partial charge in [-0.2, -0.15) is 0 Å². The maximum Gasteiger partial charge on any atom is 0.260 e. The number of rotatable bonds is 3. The van der Waals surface area contributed by atoms with Crippen LogP contribution in [0.15, 0.2) is 18.2 Å². The molecular formula is C15H22N2O2. The van der Waals surface area contributed by atoms with Crippen LogP contribution in [0, 0.1) is 6.92 Å². The summed E-state index contributed by atoms with van der Waals surface area (Å²) in [4.78, 5) is 14.0. The Bertz CT molecular complexity index is 438. The Kier molecular flexibility index (Phi) is 4.66. The van der Waals surface area contributed by atoms with Gasteiger partial charge in [-0.05, 0) is 31.4 Å². The van der Waals surface area contributed by atoms with E-state index >= 15 is 0 Å². The second kappa shape index (κ2) is 6.45. The number of nitrogen functional groups attached to an aromatic ring is 1. The maximum absolute atomic E-state index is 12.1. The van der Waals surface area contributed by atoms with Crippen LogP contribution >= 0.6 is 0 Å². The fourth-order valence-electron chi connectivity index (χ4n) is 2.32. The first kappa shape index (κ1) is 13.7. The Morgan fingerprint density at radius 1 is 1.26 bits per heavy atom. The van der Waals surface area contributed by atoms with Crippen LogP contribution in [0.3, 0.4) is 0 Å². The van der Waals surface area contributed by atoms with Crippen LogP contribution in [-0.4, -0.2) is 30.5 Å². The van der Waals surface area contributed by atoms with Crippen molar-refractivity contribution in [1.29, 1.82) is 0 Å². The highest BCUT2D eigenvalue weighted by atomic mass is 16.5. The molecule has 1 heterocycles. The number of aryl methyl sites for hydroxylation is 1. The van der Waals surface area contributed by atoms with Crippen molar-refractivity contribution in [2.75, 3.05) is 25.4 Å². The molecule has 4 nitrogen and oxygen atoms in total. The highest BCUT2D eigenvalue weighted by Crippen LogP contribution is 2.21. The van der Waals surface area contributed by atoms with Crippen LogP contribution in [0.5, 0.6) is 5.75 Å². The molecular weight excluding hydrogens is 240 g/mol. The smallest absolute Gasteiger partial charge is 0.260 e. The quantitative estimate of drug-likeness (QED) is 0.851. The molecule has 0 unspecified atom stereocenters. The molecule has 0 spiro atoms. The number of hydrogen-bond acceptors (Lipinski definition) is 3. The van der Waals surface area contributed by atoms with Gasteiger partial charge in [-0.1, -0.05) is 18.9 Å². The number of amides is 1. The minimum atomic E-state index is 0.0729. The van der Waals surface area contributed by atoms with Crippen LogP contribution in [0.25, 0.3) is 0 Å². The fourth-order valence-corrected chi connectivity index (χ4v) is 2.32. The molecule has 0 saturated carbocycles. The third-order valence-corrected chi connectivity index (χ3v) is 3.52. The lowest BCUT2D eigenvalue weighted by Crippen LogP contribution is -2.35. The zero-order chi connectivity index (χ0) is 13.7. The molecule has 1 saturated heterocycles. The van der Waals surface area contributed by atoms with Gasteiger partial charge in [0.15, 0.2) is 6.61 Å². The predicted octanol–water partition coefficient (Wildman–Crippen LogP) is 2.36. The van der Waals surface area contributed by atoms with Crippen molar-refractivity contribution < 1.29 is 9.53 Å². The lowest BCUT2D eigenvalue weighted by molar-refractivity contribution is -0.133. The summed E-state index contributed by atoms with van der Waals surface area (Å²) in [6.45, 7) is 3.77. The first-order valence-electron chi connectivity index (χ1n) is 6.93. The Morgan fingerprint density at radius 2 is 1.95 bits per heavy atom. The van der Waals surface area contributed by atoms with Crippen LogP contribution in [0.1, 0.15) is 31.2 Å². The van der Waals surface area contributed by atoms with Crippen molar-refractivity contribution >= 4 is 11.6 Å². The molecule has 1 aliphatic rings. The van der Waals surface area contributed by atoms with E-state index in [-0.39, 0.29) is 12.5 Å². The van der Waals surface area contributed by atoms with Gasteiger partial charge < -0.3 is 15.4 Å². The molecule has 0 bridgehead atoms. The van der Waals surface area contributed by atoms with E-state index in [1.165, 1.54) is 12.8 Å². The van der Waals surface area contributed by atoms with Crippen molar-refractivity contribution in [1.82, 2.24) is 4.90 Å². The third-order valence-electron chi connectivity index (χ3n) is 3.52. The molecule has 0 atom stereocenters. The van der Waals surface area contributed by atoms with E-state index in [1.54, 1.807) is 6.07 Å². The molecule has 0 aliphatic carbocycles. The molecule has 1 aromatic rings. The van der Waals surface area contributed by atoms with Gasteiger partial charge in [0.1, 0.15) is 5.75 Å². The van der Waals surface area contributed by atoms with Crippen LogP contribution in [0.4, 0.5) is 5.69 Å². The van der Waals surface area contributed by atoms with E-state index in [2.05, 4.69) is 0 Å². The molecule has 1 fully saturated rings. The highest BCUT2D eigenvalue weighted by molar-refractivity contribution is 5.77. The summed E-state index contributed by atoms with van der Waals surface area (Å²) in [6.07, 6.45) is 4.64. The topological polar surface area (TPSA) is 55.6 Å². The number of anilines is 1. The van der Waals surface area contributed by atoms with Crippen molar-refractivity contribution in [2.45, 2.75) is 32.6 Å². The number of benzene rings is 1. The molecule has 2 rings (SSSR count). The summed E-state index contributed by atoms with van der Waals surface area (Å²) in [5.74, 6) is 0.770. The Morgan fingerprint density at radius 3 is 2.63 bits per heavy atom. The van der Waals surface area contributed by atoms with Gasteiger partial charge >= 0.3 is 0 Å². The Balaban J connectivity index is 1.90. The van der Waals surface area contributed by atoms with Gasteiger partial charge in [-0.3, -0.25) is 4.79 Å². The first-order chi connectivity index (χ1) is 9.16. The van der Waals surface area contributed by atoms with Crippen LogP contribution in [0.2, 0.25) is 0 Å². The van der Waals surface area contributed by atoms with E-state index in [0.717, 1.165) is 31.5 Å². The summed E-state index contributed by atoms with van der Waals surface area (Å²) >= 11 is 0. The average molecular weight is 262 g/mol. The van der Waals surface area contributed by atoms with E-state index in [9.17, 15) is 4.79 Å². The summed E-state index contributed by atoms with van der Waals surface area (Å²) < 4.78 is 5.60. The van der Waals surface area contributed by atoms with Gasteiger partial charge in [-0.15, -0.1) is 0 Å². The highest BCUT2D eigenvalue weighted by Gasteiger charge is 2.16. The average Bonchev–Trinajstić information content (AvgIpc) is 2.68. The van der Waals surface area contributed by atoms with E-state index < -0.39 is 0 Å². The van der Waals surface area contributed by atoms with Crippen LogP contribution < -0.4 is 10.5 Å². The Labute approximate surface area is 114 Å². The molecule has 0 radical (unpaired) electrons. The number of ether oxygens (including phenoxy) is 1. The van der Waals surface area contributed by atoms with Crippen LogP contribution in [-0.2, 0) is 4.79 Å². The normalized spacial score (nSPS) is 15.9. The molecule has 19 heavy (non-hydrogen) atoms. The maximum atomic E-state index is 12.1. The largest absolute Gasteiger partial charge is 0.483 e. The number of hydrogen-bond donors (Lipinski definition) is 1. The molecule has 2 N–H and O–H groups in total. The fraction of sp³-hybridized carbons (Fsp3) is 0.533. The standard InChI is InChI=1S/C15H22N2O2/c1-12-6-7-13(16)10-14(12)19-11-15(18)17-8-4-2-3-5-9-17/h6-7,10H,2-5,8-9,11,16H2,1H3. The SMILES string of the molecule is Cc1ccc(N)cc1OCC(=O)N1CCCCCC1. The van der Waals surface area contributed by atoms with E-state index in [0.29, 0.717) is 11.4 Å². The number of carbonyl (C=O) groups excluding carboxylic acids is 1. The van der Waals surface area contributed by atoms with Crippen molar-refractivity contribution in [2.24, 2.45) is 0 Å². The molecule has 104 valence electrons. The number of carbonyl (C=O) groups is 1. The van der Waals surface area contributed by atoms with Crippen molar-refractivity contribution in [3.63, 3.8) is 0 Å². The molecule has 1 aliphatic heterocycles. The zero-order valence-corrected chi connectivity index (χ0v) is 11.5. The van der Waals surface area contributed by atoms with Crippen molar-refractivity contribution in [3.05, 3.63) is 23.8 Å². The van der Waals surface area contributed by atoms with Gasteiger partial charge in [0.05, 0.1) is 0 Å². The minimum absolute atomic E-state index is 0.0729. The first-order valence-corrected chi connectivity index (χ1v) is 6.93. The van der Waals surface area contributed by atoms with Gasteiger partial charge in [0, 0.05) is 24.8 Å². The van der Waals surface area contributed by atoms with Crippen molar-refractivity contribution in [3.8, 4) is 5.75 Å². The summed E-state index contributed by atoms with van der Waals surface area (Å²) in [5, 5.41) is 0. The third kappa shape index (κ3) is 3.88. The second-order valence-electron chi connectivity index (χ2n) is 5.11. The minimum Gasteiger partial charge on any atom is -0.483 e. The summed E-state index contributed by atoms with van der Waals surface area (Å²) in [7, 11) is 0. The molecule has 1 amide bonds. The zero-order valence-electron chi connectivity index (χ0n) is 11.5. The molecule has 1 aromatic carbocycles. The molecule has 0 aromatic heterocycles. The van der Waals surface area contributed by atoms with Gasteiger partial charge in [-0.25, -0.2) is 0 Å². The van der Waals surface area contributed by atoms with E-state index in [4.69, 9.17) is 10.5 Å². The molecule has 4 heteroatoms. The summed E-state index contributed by atoms with van der Waals surface area (Å²) in [5.41, 5.74) is 7.38. The van der Waals surface area contributed by atoms with E-state index in [1.807, 2.05) is 24.0 Å². The second-order valence-corrected chi connectivity index (χ2v) is 5.11. The van der Waals surface area contributed by atoms with Gasteiger partial charge in [0.2, 0.25) is 0 Å². The number of nitrogens with zero attached hydrogens (tertiary/aromatic N) is 1. The lowest BCUT2D eigenvalue weighted by Gasteiger charge is -2.20. The summed E-state index contributed by atoms with van der Waals surface area (Å²) in [6, 6.07) is 5.50. The Hall–Kier alpha value is -1.71. The lowest BCUT2D eigenvalue weighted by atomic mass is 10.2.